The van der Waals surface area contributed by atoms with E-state index in [1.54, 1.807) is 11.8 Å². The van der Waals surface area contributed by atoms with E-state index in [0.29, 0.717) is 18.3 Å². The van der Waals surface area contributed by atoms with E-state index in [4.69, 9.17) is 9.26 Å². The van der Waals surface area contributed by atoms with Gasteiger partial charge in [-0.05, 0) is 38.8 Å². The van der Waals surface area contributed by atoms with Crippen molar-refractivity contribution in [1.29, 1.82) is 0 Å². The van der Waals surface area contributed by atoms with E-state index in [9.17, 15) is 4.79 Å². The molecule has 0 aliphatic carbocycles. The molecule has 0 bridgehead atoms. The maximum atomic E-state index is 12.8. The van der Waals surface area contributed by atoms with Crippen molar-refractivity contribution in [2.75, 3.05) is 6.61 Å². The summed E-state index contributed by atoms with van der Waals surface area (Å²) >= 11 is 1.52. The molecule has 7 heteroatoms. The molecule has 23 heavy (non-hydrogen) atoms. The third-order valence-electron chi connectivity index (χ3n) is 3.85. The van der Waals surface area contributed by atoms with Crippen molar-refractivity contribution < 1.29 is 14.1 Å². The second kappa shape index (κ2) is 6.80. The first kappa shape index (κ1) is 16.1. The van der Waals surface area contributed by atoms with Crippen LogP contribution in [0.25, 0.3) is 0 Å². The Hall–Kier alpha value is -1.73. The smallest absolute Gasteiger partial charge is 0.264 e. The first-order chi connectivity index (χ1) is 11.0. The van der Waals surface area contributed by atoms with Crippen molar-refractivity contribution in [1.82, 2.24) is 15.0 Å². The molecular formula is C16H21N3O3S. The molecule has 1 aliphatic heterocycles. The fraction of sp³-hybridized carbons (Fsp3) is 0.562. The summed E-state index contributed by atoms with van der Waals surface area (Å²) in [5.41, 5.74) is 0. The van der Waals surface area contributed by atoms with E-state index in [-0.39, 0.29) is 18.1 Å². The number of aromatic nitrogens is 2. The van der Waals surface area contributed by atoms with Crippen molar-refractivity contribution in [3.05, 3.63) is 33.6 Å². The van der Waals surface area contributed by atoms with E-state index in [0.717, 1.165) is 29.2 Å². The maximum Gasteiger partial charge on any atom is 0.264 e. The molecule has 1 atom stereocenters. The summed E-state index contributed by atoms with van der Waals surface area (Å²) in [5.74, 6) is 1.03. The number of hydrogen-bond donors (Lipinski definition) is 0. The maximum absolute atomic E-state index is 12.8. The molecule has 0 N–H and O–H groups in total. The average molecular weight is 335 g/mol. The van der Waals surface area contributed by atoms with Crippen LogP contribution in [0, 0.1) is 6.92 Å². The zero-order valence-corrected chi connectivity index (χ0v) is 14.4. The Labute approximate surface area is 139 Å². The van der Waals surface area contributed by atoms with Crippen LogP contribution in [0.5, 0.6) is 0 Å². The van der Waals surface area contributed by atoms with Gasteiger partial charge in [0.2, 0.25) is 5.89 Å². The molecule has 0 aromatic carbocycles. The van der Waals surface area contributed by atoms with Crippen molar-refractivity contribution in [3.63, 3.8) is 0 Å². The second-order valence-electron chi connectivity index (χ2n) is 5.96. The number of hydrogen-bond acceptors (Lipinski definition) is 6. The van der Waals surface area contributed by atoms with Crippen LogP contribution in [-0.4, -0.2) is 33.6 Å². The monoisotopic (exact) mass is 335 g/mol. The normalized spacial score (nSPS) is 17.8. The highest BCUT2D eigenvalue weighted by Crippen LogP contribution is 2.33. The zero-order chi connectivity index (χ0) is 16.4. The lowest BCUT2D eigenvalue weighted by Gasteiger charge is -2.24. The third kappa shape index (κ3) is 3.61. The van der Waals surface area contributed by atoms with Gasteiger partial charge in [0, 0.05) is 24.4 Å². The molecule has 2 aromatic heterocycles. The molecule has 1 fully saturated rings. The van der Waals surface area contributed by atoms with Crippen LogP contribution in [0.15, 0.2) is 16.7 Å². The van der Waals surface area contributed by atoms with Gasteiger partial charge in [-0.2, -0.15) is 4.98 Å². The fourth-order valence-electron chi connectivity index (χ4n) is 2.63. The Morgan fingerprint density at radius 2 is 2.30 bits per heavy atom. The molecule has 0 radical (unpaired) electrons. The first-order valence-corrected chi connectivity index (χ1v) is 8.67. The number of thiophene rings is 1. The van der Waals surface area contributed by atoms with Gasteiger partial charge < -0.3 is 14.2 Å². The second-order valence-corrected chi connectivity index (χ2v) is 7.08. The number of ether oxygens (including phenoxy) is 1. The van der Waals surface area contributed by atoms with Gasteiger partial charge in [0.05, 0.1) is 17.5 Å². The van der Waals surface area contributed by atoms with Gasteiger partial charge in [-0.1, -0.05) is 5.16 Å². The Morgan fingerprint density at radius 3 is 2.91 bits per heavy atom. The predicted octanol–water partition coefficient (Wildman–Crippen LogP) is 3.34. The molecular weight excluding hydrogens is 314 g/mol. The Balaban J connectivity index is 1.75. The number of carbonyl (C=O) groups excluding carboxylic acids is 1. The minimum absolute atomic E-state index is 0.00306. The number of aryl methyl sites for hydroxylation is 1. The summed E-state index contributed by atoms with van der Waals surface area (Å²) in [6, 6.07) is 3.95. The standard InChI is InChI=1S/C16H21N3O3S/c1-10(2)19(9-15-17-11(3)22-18-15)16(20)14-7-6-13(23-14)12-5-4-8-21-12/h6-7,10,12H,4-5,8-9H2,1-3H3/t12-/m0/s1. The highest BCUT2D eigenvalue weighted by molar-refractivity contribution is 7.14. The molecule has 0 saturated carbocycles. The van der Waals surface area contributed by atoms with Gasteiger partial charge in [0.15, 0.2) is 5.82 Å². The number of amides is 1. The van der Waals surface area contributed by atoms with Crippen molar-refractivity contribution in [3.8, 4) is 0 Å². The van der Waals surface area contributed by atoms with Crippen LogP contribution in [0.1, 0.15) is 59.1 Å². The topological polar surface area (TPSA) is 68.5 Å². The van der Waals surface area contributed by atoms with E-state index in [1.165, 1.54) is 11.3 Å². The molecule has 2 aromatic rings. The van der Waals surface area contributed by atoms with Gasteiger partial charge in [-0.25, -0.2) is 0 Å². The summed E-state index contributed by atoms with van der Waals surface area (Å²) in [7, 11) is 0. The van der Waals surface area contributed by atoms with Crippen LogP contribution >= 0.6 is 11.3 Å². The average Bonchev–Trinajstić information content (AvgIpc) is 3.24. The molecule has 6 nitrogen and oxygen atoms in total. The molecule has 0 unspecified atom stereocenters. The Morgan fingerprint density at radius 1 is 1.48 bits per heavy atom. The van der Waals surface area contributed by atoms with E-state index in [1.807, 2.05) is 26.0 Å². The largest absolute Gasteiger partial charge is 0.373 e. The van der Waals surface area contributed by atoms with Crippen molar-refractivity contribution in [2.24, 2.45) is 0 Å². The summed E-state index contributed by atoms with van der Waals surface area (Å²) in [5, 5.41) is 3.89. The van der Waals surface area contributed by atoms with Crippen molar-refractivity contribution in [2.45, 2.75) is 52.3 Å². The predicted molar refractivity (Wildman–Crippen MR) is 86.3 cm³/mol. The third-order valence-corrected chi connectivity index (χ3v) is 5.02. The molecule has 1 aliphatic rings. The van der Waals surface area contributed by atoms with E-state index < -0.39 is 0 Å². The molecule has 1 saturated heterocycles. The zero-order valence-electron chi connectivity index (χ0n) is 13.6. The molecule has 0 spiro atoms. The molecule has 3 heterocycles. The van der Waals surface area contributed by atoms with Gasteiger partial charge in [0.1, 0.15) is 0 Å². The van der Waals surface area contributed by atoms with Gasteiger partial charge >= 0.3 is 0 Å². The molecule has 124 valence electrons. The van der Waals surface area contributed by atoms with E-state index >= 15 is 0 Å². The SMILES string of the molecule is Cc1nc(CN(C(=O)c2ccc([C@@H]3CCCO3)s2)C(C)C)no1. The minimum Gasteiger partial charge on any atom is -0.373 e. The van der Waals surface area contributed by atoms with Crippen LogP contribution in [-0.2, 0) is 11.3 Å². The minimum atomic E-state index is -0.00306. The van der Waals surface area contributed by atoms with E-state index in [2.05, 4.69) is 10.1 Å². The lowest BCUT2D eigenvalue weighted by Crippen LogP contribution is -2.36. The van der Waals surface area contributed by atoms with Gasteiger partial charge in [-0.15, -0.1) is 11.3 Å². The summed E-state index contributed by atoms with van der Waals surface area (Å²) < 4.78 is 10.7. The first-order valence-electron chi connectivity index (χ1n) is 7.86. The highest BCUT2D eigenvalue weighted by Gasteiger charge is 2.25. The van der Waals surface area contributed by atoms with Crippen LogP contribution in [0.4, 0.5) is 0 Å². The Bertz CT molecular complexity index is 674. The molecule has 1 amide bonds. The molecule has 3 rings (SSSR count). The summed E-state index contributed by atoms with van der Waals surface area (Å²) in [6.07, 6.45) is 2.26. The van der Waals surface area contributed by atoms with Crippen LogP contribution in [0.2, 0.25) is 0 Å². The lowest BCUT2D eigenvalue weighted by atomic mass is 10.2. The fourth-order valence-corrected chi connectivity index (χ4v) is 3.68. The highest BCUT2D eigenvalue weighted by atomic mass is 32.1. The summed E-state index contributed by atoms with van der Waals surface area (Å²) in [4.78, 5) is 20.6. The number of carbonyl (C=O) groups is 1. The number of rotatable bonds is 5. The van der Waals surface area contributed by atoms with Gasteiger partial charge in [0.25, 0.3) is 5.91 Å². The lowest BCUT2D eigenvalue weighted by molar-refractivity contribution is 0.0688. The Kier molecular flexibility index (Phi) is 4.77. The van der Waals surface area contributed by atoms with Crippen molar-refractivity contribution >= 4 is 17.2 Å². The summed E-state index contributed by atoms with van der Waals surface area (Å²) in [6.45, 7) is 6.87. The number of nitrogens with zero attached hydrogens (tertiary/aromatic N) is 3. The quantitative estimate of drug-likeness (QED) is 0.838. The van der Waals surface area contributed by atoms with Crippen LogP contribution < -0.4 is 0 Å². The van der Waals surface area contributed by atoms with Crippen LogP contribution in [0.3, 0.4) is 0 Å². The van der Waals surface area contributed by atoms with Gasteiger partial charge in [-0.3, -0.25) is 4.79 Å².